The highest BCUT2D eigenvalue weighted by atomic mass is 79.9. The molecule has 6 nitrogen and oxygen atoms in total. The van der Waals surface area contributed by atoms with Gasteiger partial charge in [-0.15, -0.1) is 0 Å². The number of urea groups is 1. The molecule has 1 fully saturated rings. The van der Waals surface area contributed by atoms with Gasteiger partial charge in [-0.3, -0.25) is 14.9 Å². The summed E-state index contributed by atoms with van der Waals surface area (Å²) in [6.45, 7) is 0. The van der Waals surface area contributed by atoms with E-state index in [9.17, 15) is 14.4 Å². The fourth-order valence-electron chi connectivity index (χ4n) is 2.94. The highest BCUT2D eigenvalue weighted by molar-refractivity contribution is 9.10. The van der Waals surface area contributed by atoms with Crippen LogP contribution in [0.2, 0.25) is 0 Å². The van der Waals surface area contributed by atoms with Crippen LogP contribution in [0.15, 0.2) is 88.9 Å². The SMILES string of the molecule is O=C1NC(=O)N(c2ccc(Br)cc2)C(=O)/C1=C/c1cccc(Oc2ccccc2)c1. The molecule has 4 amide bonds. The van der Waals surface area contributed by atoms with Crippen LogP contribution < -0.4 is 15.0 Å². The Morgan fingerprint density at radius 3 is 2.27 bits per heavy atom. The molecule has 148 valence electrons. The third-order valence-corrected chi connectivity index (χ3v) is 4.86. The summed E-state index contributed by atoms with van der Waals surface area (Å²) >= 11 is 3.31. The van der Waals surface area contributed by atoms with E-state index in [1.54, 1.807) is 48.5 Å². The second-order valence-corrected chi connectivity index (χ2v) is 7.34. The van der Waals surface area contributed by atoms with Gasteiger partial charge in [0.1, 0.15) is 17.1 Å². The summed E-state index contributed by atoms with van der Waals surface area (Å²) in [6, 6.07) is 22.1. The number of carbonyl (C=O) groups excluding carboxylic acids is 3. The van der Waals surface area contributed by atoms with Crippen molar-refractivity contribution in [3.63, 3.8) is 0 Å². The Bertz CT molecular complexity index is 1160. The quantitative estimate of drug-likeness (QED) is 0.441. The molecule has 0 saturated carbocycles. The second-order valence-electron chi connectivity index (χ2n) is 6.42. The molecule has 1 aliphatic rings. The lowest BCUT2D eigenvalue weighted by atomic mass is 10.1. The van der Waals surface area contributed by atoms with Crippen LogP contribution in [0, 0.1) is 0 Å². The zero-order chi connectivity index (χ0) is 21.1. The van der Waals surface area contributed by atoms with Crippen molar-refractivity contribution in [2.45, 2.75) is 0 Å². The smallest absolute Gasteiger partial charge is 0.335 e. The number of halogens is 1. The number of benzene rings is 3. The summed E-state index contributed by atoms with van der Waals surface area (Å²) < 4.78 is 6.60. The predicted octanol–water partition coefficient (Wildman–Crippen LogP) is 4.91. The van der Waals surface area contributed by atoms with Gasteiger partial charge in [0.2, 0.25) is 0 Å². The van der Waals surface area contributed by atoms with Crippen LogP contribution >= 0.6 is 15.9 Å². The lowest BCUT2D eigenvalue weighted by molar-refractivity contribution is -0.122. The molecule has 3 aromatic carbocycles. The molecule has 0 atom stereocenters. The molecule has 0 spiro atoms. The maximum absolute atomic E-state index is 12.9. The van der Waals surface area contributed by atoms with E-state index in [0.717, 1.165) is 9.37 Å². The second kappa shape index (κ2) is 8.34. The zero-order valence-corrected chi connectivity index (χ0v) is 17.1. The first kappa shape index (κ1) is 19.6. The first-order valence-corrected chi connectivity index (χ1v) is 9.80. The van der Waals surface area contributed by atoms with Crippen LogP contribution in [0.5, 0.6) is 11.5 Å². The van der Waals surface area contributed by atoms with Crippen molar-refractivity contribution in [3.8, 4) is 11.5 Å². The average molecular weight is 463 g/mol. The minimum atomic E-state index is -0.786. The van der Waals surface area contributed by atoms with Crippen LogP contribution in [0.4, 0.5) is 10.5 Å². The highest BCUT2D eigenvalue weighted by Crippen LogP contribution is 2.26. The maximum atomic E-state index is 12.9. The van der Waals surface area contributed by atoms with Crippen LogP contribution in [0.1, 0.15) is 5.56 Å². The molecule has 0 radical (unpaired) electrons. The van der Waals surface area contributed by atoms with Crippen molar-refractivity contribution in [1.29, 1.82) is 0 Å². The number of ether oxygens (including phenoxy) is 1. The lowest BCUT2D eigenvalue weighted by Crippen LogP contribution is -2.54. The number of anilines is 1. The molecule has 4 rings (SSSR count). The molecule has 1 N–H and O–H groups in total. The maximum Gasteiger partial charge on any atom is 0.335 e. The largest absolute Gasteiger partial charge is 0.457 e. The standard InChI is InChI=1S/C23H15BrN2O4/c24-16-9-11-17(12-10-16)26-22(28)20(21(27)25-23(26)29)14-15-5-4-8-19(13-15)30-18-6-2-1-3-7-18/h1-14H,(H,25,27,29)/b20-14+. The summed E-state index contributed by atoms with van der Waals surface area (Å²) in [7, 11) is 0. The van der Waals surface area contributed by atoms with Gasteiger partial charge in [-0.05, 0) is 60.2 Å². The fraction of sp³-hybridized carbons (Fsp3) is 0. The number of carbonyl (C=O) groups is 3. The Kier molecular flexibility index (Phi) is 5.45. The van der Waals surface area contributed by atoms with Gasteiger partial charge < -0.3 is 4.74 Å². The van der Waals surface area contributed by atoms with Gasteiger partial charge in [0.25, 0.3) is 11.8 Å². The molecular formula is C23H15BrN2O4. The number of nitrogens with zero attached hydrogens (tertiary/aromatic N) is 1. The van der Waals surface area contributed by atoms with E-state index in [1.807, 2.05) is 30.3 Å². The number of para-hydroxylation sites is 1. The van der Waals surface area contributed by atoms with Crippen molar-refractivity contribution in [3.05, 3.63) is 94.5 Å². The van der Waals surface area contributed by atoms with E-state index < -0.39 is 17.8 Å². The zero-order valence-electron chi connectivity index (χ0n) is 15.5. The number of nitrogens with one attached hydrogen (secondary N) is 1. The van der Waals surface area contributed by atoms with Gasteiger partial charge >= 0.3 is 6.03 Å². The summed E-state index contributed by atoms with van der Waals surface area (Å²) in [4.78, 5) is 38.5. The van der Waals surface area contributed by atoms with Gasteiger partial charge in [0.15, 0.2) is 0 Å². The lowest BCUT2D eigenvalue weighted by Gasteiger charge is -2.26. The van der Waals surface area contributed by atoms with Crippen molar-refractivity contribution < 1.29 is 19.1 Å². The van der Waals surface area contributed by atoms with Gasteiger partial charge in [0, 0.05) is 4.47 Å². The molecule has 1 saturated heterocycles. The molecule has 0 aliphatic carbocycles. The number of imide groups is 2. The Balaban J connectivity index is 1.64. The molecule has 0 unspecified atom stereocenters. The van der Waals surface area contributed by atoms with Crippen LogP contribution in [-0.2, 0) is 9.59 Å². The van der Waals surface area contributed by atoms with Crippen molar-refractivity contribution in [2.75, 3.05) is 4.90 Å². The monoisotopic (exact) mass is 462 g/mol. The third-order valence-electron chi connectivity index (χ3n) is 4.33. The molecule has 1 aliphatic heterocycles. The molecule has 0 aromatic heterocycles. The number of barbiturate groups is 1. The number of hydrogen-bond donors (Lipinski definition) is 1. The van der Waals surface area contributed by atoms with Crippen LogP contribution in [0.3, 0.4) is 0 Å². The van der Waals surface area contributed by atoms with Crippen molar-refractivity contribution in [2.24, 2.45) is 0 Å². The summed E-state index contributed by atoms with van der Waals surface area (Å²) in [5.41, 5.74) is 0.807. The fourth-order valence-corrected chi connectivity index (χ4v) is 3.21. The van der Waals surface area contributed by atoms with Crippen molar-refractivity contribution in [1.82, 2.24) is 5.32 Å². The van der Waals surface area contributed by atoms with E-state index in [-0.39, 0.29) is 5.57 Å². The van der Waals surface area contributed by atoms with Gasteiger partial charge in [-0.1, -0.05) is 46.3 Å². The Morgan fingerprint density at radius 1 is 0.833 bits per heavy atom. The molecule has 1 heterocycles. The topological polar surface area (TPSA) is 75.7 Å². The Labute approximate surface area is 180 Å². The number of hydrogen-bond acceptors (Lipinski definition) is 4. The number of amides is 4. The van der Waals surface area contributed by atoms with E-state index in [1.165, 1.54) is 6.08 Å². The summed E-state index contributed by atoms with van der Waals surface area (Å²) in [6.07, 6.45) is 1.44. The minimum absolute atomic E-state index is 0.144. The first-order chi connectivity index (χ1) is 14.5. The molecule has 0 bridgehead atoms. The van der Waals surface area contributed by atoms with Crippen LogP contribution in [-0.4, -0.2) is 17.8 Å². The van der Waals surface area contributed by atoms with E-state index >= 15 is 0 Å². The Hall–Kier alpha value is -3.71. The third kappa shape index (κ3) is 4.16. The molecule has 30 heavy (non-hydrogen) atoms. The van der Waals surface area contributed by atoms with Gasteiger partial charge in [0.05, 0.1) is 5.69 Å². The van der Waals surface area contributed by atoms with Crippen molar-refractivity contribution >= 4 is 45.5 Å². The first-order valence-electron chi connectivity index (χ1n) is 9.01. The molecular weight excluding hydrogens is 448 g/mol. The molecule has 3 aromatic rings. The predicted molar refractivity (Wildman–Crippen MR) is 116 cm³/mol. The summed E-state index contributed by atoms with van der Waals surface area (Å²) in [5.74, 6) is -0.214. The minimum Gasteiger partial charge on any atom is -0.457 e. The number of rotatable bonds is 4. The summed E-state index contributed by atoms with van der Waals surface area (Å²) in [5, 5.41) is 2.21. The van der Waals surface area contributed by atoms with E-state index in [2.05, 4.69) is 21.2 Å². The van der Waals surface area contributed by atoms with E-state index in [0.29, 0.717) is 22.7 Å². The van der Waals surface area contributed by atoms with Gasteiger partial charge in [-0.2, -0.15) is 0 Å². The Morgan fingerprint density at radius 2 is 1.53 bits per heavy atom. The van der Waals surface area contributed by atoms with Gasteiger partial charge in [-0.25, -0.2) is 9.69 Å². The average Bonchev–Trinajstić information content (AvgIpc) is 2.73. The van der Waals surface area contributed by atoms with Crippen LogP contribution in [0.25, 0.3) is 6.08 Å². The normalized spacial score (nSPS) is 15.3. The molecule has 7 heteroatoms. The highest BCUT2D eigenvalue weighted by Gasteiger charge is 2.36. The van der Waals surface area contributed by atoms with E-state index in [4.69, 9.17) is 4.74 Å².